The van der Waals surface area contributed by atoms with Crippen molar-refractivity contribution in [2.75, 3.05) is 12.4 Å². The molecule has 3 rings (SSSR count). The number of pyridine rings is 1. The summed E-state index contributed by atoms with van der Waals surface area (Å²) in [6.07, 6.45) is -0.850. The number of hydrogen-bond donors (Lipinski definition) is 4. The number of ether oxygens (including phenoxy) is 1. The van der Waals surface area contributed by atoms with Crippen LogP contribution in [0.5, 0.6) is 5.88 Å². The zero-order valence-corrected chi connectivity index (χ0v) is 14.8. The van der Waals surface area contributed by atoms with Gasteiger partial charge in [0.05, 0.1) is 35.9 Å². The molecular weight excluding hydrogens is 334 g/mol. The maximum atomic E-state index is 12.3. The molecule has 0 bridgehead atoms. The van der Waals surface area contributed by atoms with Crippen molar-refractivity contribution < 1.29 is 14.6 Å². The van der Waals surface area contributed by atoms with Crippen LogP contribution in [0.2, 0.25) is 0 Å². The van der Waals surface area contributed by atoms with Crippen LogP contribution < -0.4 is 15.4 Å². The van der Waals surface area contributed by atoms with Crippen LogP contribution in [0, 0.1) is 0 Å². The highest BCUT2D eigenvalue weighted by Gasteiger charge is 2.19. The van der Waals surface area contributed by atoms with Gasteiger partial charge >= 0.3 is 6.03 Å². The molecule has 8 nitrogen and oxygen atoms in total. The highest BCUT2D eigenvalue weighted by molar-refractivity contribution is 5.93. The number of carbonyl (C=O) groups excluding carboxylic acids is 1. The van der Waals surface area contributed by atoms with Crippen molar-refractivity contribution in [1.82, 2.24) is 20.5 Å². The SMILES string of the molecule is COc1n[nH]c2cc(NC(=O)NC(C)c3ccccc3)nc(C(C)O)c12. The normalized spacial score (nSPS) is 13.2. The summed E-state index contributed by atoms with van der Waals surface area (Å²) in [4.78, 5) is 16.6. The first-order valence-corrected chi connectivity index (χ1v) is 8.23. The van der Waals surface area contributed by atoms with E-state index < -0.39 is 12.1 Å². The number of rotatable bonds is 5. The molecule has 0 spiro atoms. The predicted molar refractivity (Wildman–Crippen MR) is 98.1 cm³/mol. The highest BCUT2D eigenvalue weighted by Crippen LogP contribution is 2.30. The molecule has 2 aromatic heterocycles. The number of aliphatic hydroxyl groups is 1. The zero-order valence-electron chi connectivity index (χ0n) is 14.8. The topological polar surface area (TPSA) is 112 Å². The fraction of sp³-hybridized carbons (Fsp3) is 0.278. The Morgan fingerprint density at radius 2 is 2.00 bits per heavy atom. The van der Waals surface area contributed by atoms with Gasteiger partial charge in [-0.3, -0.25) is 10.4 Å². The number of fused-ring (bicyclic) bond motifs is 1. The minimum absolute atomic E-state index is 0.164. The lowest BCUT2D eigenvalue weighted by atomic mass is 10.1. The number of aromatic amines is 1. The molecule has 0 aliphatic heterocycles. The van der Waals surface area contributed by atoms with Gasteiger partial charge in [0.2, 0.25) is 5.88 Å². The third kappa shape index (κ3) is 3.60. The van der Waals surface area contributed by atoms with Crippen LogP contribution in [-0.2, 0) is 0 Å². The maximum Gasteiger partial charge on any atom is 0.320 e. The number of H-pyrrole nitrogens is 1. The first-order chi connectivity index (χ1) is 12.5. The largest absolute Gasteiger partial charge is 0.479 e. The first kappa shape index (κ1) is 17.7. The van der Waals surface area contributed by atoms with Crippen LogP contribution in [0.15, 0.2) is 36.4 Å². The Morgan fingerprint density at radius 1 is 1.27 bits per heavy atom. The smallest absolute Gasteiger partial charge is 0.320 e. The van der Waals surface area contributed by atoms with E-state index >= 15 is 0 Å². The number of nitrogens with zero attached hydrogens (tertiary/aromatic N) is 2. The number of aromatic nitrogens is 3. The van der Waals surface area contributed by atoms with Crippen molar-refractivity contribution >= 4 is 22.8 Å². The second-order valence-corrected chi connectivity index (χ2v) is 5.95. The predicted octanol–water partition coefficient (Wildman–Crippen LogP) is 2.90. The van der Waals surface area contributed by atoms with E-state index in [9.17, 15) is 9.90 Å². The number of hydrogen-bond acceptors (Lipinski definition) is 5. The molecule has 3 aromatic rings. The molecule has 0 aliphatic rings. The molecule has 4 N–H and O–H groups in total. The molecule has 2 atom stereocenters. The molecule has 26 heavy (non-hydrogen) atoms. The standard InChI is InChI=1S/C18H21N5O3/c1-10(12-7-5-4-6-8-12)19-18(25)21-14-9-13-15(16(20-14)11(2)24)17(26-3)23-22-13/h4-11,24H,1-3H3,(H,22,23)(H2,19,20,21,25). The summed E-state index contributed by atoms with van der Waals surface area (Å²) in [7, 11) is 1.49. The fourth-order valence-electron chi connectivity index (χ4n) is 2.73. The molecule has 0 radical (unpaired) electrons. The van der Waals surface area contributed by atoms with Crippen LogP contribution in [-0.4, -0.2) is 33.4 Å². The number of methoxy groups -OCH3 is 1. The van der Waals surface area contributed by atoms with E-state index in [2.05, 4.69) is 25.8 Å². The van der Waals surface area contributed by atoms with Gasteiger partial charge in [-0.15, -0.1) is 5.10 Å². The number of urea groups is 1. The second-order valence-electron chi connectivity index (χ2n) is 5.95. The van der Waals surface area contributed by atoms with E-state index in [0.717, 1.165) is 5.56 Å². The van der Waals surface area contributed by atoms with Gasteiger partial charge < -0.3 is 15.2 Å². The molecule has 0 aliphatic carbocycles. The molecule has 2 heterocycles. The van der Waals surface area contributed by atoms with Gasteiger partial charge in [-0.25, -0.2) is 9.78 Å². The third-order valence-electron chi connectivity index (χ3n) is 4.02. The van der Waals surface area contributed by atoms with Gasteiger partial charge in [0.1, 0.15) is 5.82 Å². The summed E-state index contributed by atoms with van der Waals surface area (Å²) < 4.78 is 5.19. The molecule has 2 amide bonds. The second kappa shape index (κ2) is 7.40. The Kier molecular flexibility index (Phi) is 5.04. The van der Waals surface area contributed by atoms with Gasteiger partial charge in [0.15, 0.2) is 0 Å². The van der Waals surface area contributed by atoms with E-state index in [-0.39, 0.29) is 6.04 Å². The number of aliphatic hydroxyl groups excluding tert-OH is 1. The number of benzene rings is 1. The molecule has 2 unspecified atom stereocenters. The quantitative estimate of drug-likeness (QED) is 0.562. The summed E-state index contributed by atoms with van der Waals surface area (Å²) in [5.41, 5.74) is 1.98. The Balaban J connectivity index is 1.81. The van der Waals surface area contributed by atoms with Gasteiger partial charge in [0, 0.05) is 6.07 Å². The molecule has 0 fully saturated rings. The van der Waals surface area contributed by atoms with Crippen molar-refractivity contribution in [3.63, 3.8) is 0 Å². The van der Waals surface area contributed by atoms with Crippen molar-refractivity contribution in [1.29, 1.82) is 0 Å². The summed E-state index contributed by atoms with van der Waals surface area (Å²) in [6.45, 7) is 3.49. The minimum atomic E-state index is -0.850. The minimum Gasteiger partial charge on any atom is -0.479 e. The maximum absolute atomic E-state index is 12.3. The lowest BCUT2D eigenvalue weighted by Gasteiger charge is -2.15. The summed E-state index contributed by atoms with van der Waals surface area (Å²) >= 11 is 0. The average Bonchev–Trinajstić information content (AvgIpc) is 3.04. The van der Waals surface area contributed by atoms with Gasteiger partial charge in [-0.2, -0.15) is 0 Å². The third-order valence-corrected chi connectivity index (χ3v) is 4.02. The number of anilines is 1. The molecule has 1 aromatic carbocycles. The summed E-state index contributed by atoms with van der Waals surface area (Å²) in [5.74, 6) is 0.648. The molecule has 136 valence electrons. The van der Waals surface area contributed by atoms with Crippen LogP contribution >= 0.6 is 0 Å². The van der Waals surface area contributed by atoms with Crippen molar-refractivity contribution in [2.45, 2.75) is 26.0 Å². The van der Waals surface area contributed by atoms with Crippen molar-refractivity contribution in [3.8, 4) is 5.88 Å². The zero-order chi connectivity index (χ0) is 18.7. The molecule has 0 saturated carbocycles. The van der Waals surface area contributed by atoms with E-state index in [1.807, 2.05) is 37.3 Å². The molecule has 8 heteroatoms. The van der Waals surface area contributed by atoms with E-state index in [4.69, 9.17) is 4.74 Å². The summed E-state index contributed by atoms with van der Waals surface area (Å²) in [5, 5.41) is 23.0. The van der Waals surface area contributed by atoms with Gasteiger partial charge in [0.25, 0.3) is 0 Å². The lowest BCUT2D eigenvalue weighted by molar-refractivity contribution is 0.196. The van der Waals surface area contributed by atoms with Crippen molar-refractivity contribution in [3.05, 3.63) is 47.7 Å². The highest BCUT2D eigenvalue weighted by atomic mass is 16.5. The van der Waals surface area contributed by atoms with E-state index in [1.165, 1.54) is 7.11 Å². The van der Waals surface area contributed by atoms with E-state index in [0.29, 0.717) is 28.3 Å². The average molecular weight is 355 g/mol. The molecule has 0 saturated heterocycles. The van der Waals surface area contributed by atoms with Crippen LogP contribution in [0.1, 0.15) is 37.3 Å². The van der Waals surface area contributed by atoms with E-state index in [1.54, 1.807) is 13.0 Å². The van der Waals surface area contributed by atoms with Crippen LogP contribution in [0.4, 0.5) is 10.6 Å². The number of amides is 2. The first-order valence-electron chi connectivity index (χ1n) is 8.23. The van der Waals surface area contributed by atoms with Gasteiger partial charge in [-0.1, -0.05) is 30.3 Å². The number of nitrogens with one attached hydrogen (secondary N) is 3. The molecular formula is C18H21N5O3. The van der Waals surface area contributed by atoms with Crippen molar-refractivity contribution in [2.24, 2.45) is 0 Å². The van der Waals surface area contributed by atoms with Crippen LogP contribution in [0.3, 0.4) is 0 Å². The Morgan fingerprint density at radius 3 is 2.65 bits per heavy atom. The Labute approximate surface area is 150 Å². The van der Waals surface area contributed by atoms with Crippen LogP contribution in [0.25, 0.3) is 10.9 Å². The fourth-order valence-corrected chi connectivity index (χ4v) is 2.73. The number of carbonyl (C=O) groups is 1. The summed E-state index contributed by atoms with van der Waals surface area (Å²) in [6, 6.07) is 10.7. The Hall–Kier alpha value is -3.13. The lowest BCUT2D eigenvalue weighted by Crippen LogP contribution is -2.31. The Bertz CT molecular complexity index is 908. The monoisotopic (exact) mass is 355 g/mol. The van der Waals surface area contributed by atoms with Gasteiger partial charge in [-0.05, 0) is 19.4 Å².